The molecular weight excluding hydrogens is 308 g/mol. The molecule has 1 aliphatic rings. The fourth-order valence-electron chi connectivity index (χ4n) is 3.44. The molecule has 0 heterocycles. The van der Waals surface area contributed by atoms with Crippen molar-refractivity contribution in [2.75, 3.05) is 0 Å². The van der Waals surface area contributed by atoms with Crippen LogP contribution in [0.3, 0.4) is 0 Å². The summed E-state index contributed by atoms with van der Waals surface area (Å²) in [7, 11) is 0. The van der Waals surface area contributed by atoms with Crippen molar-refractivity contribution in [2.45, 2.75) is 5.92 Å². The topological polar surface area (TPSA) is 34.1 Å². The predicted octanol–water partition coefficient (Wildman–Crippen LogP) is 4.53. The Morgan fingerprint density at radius 3 is 1.60 bits per heavy atom. The molecule has 1 atom stereocenters. The highest BCUT2D eigenvalue weighted by Gasteiger charge is 2.42. The molecule has 25 heavy (non-hydrogen) atoms. The Hall–Kier alpha value is -3.26. The third-order valence-corrected chi connectivity index (χ3v) is 4.55. The Morgan fingerprint density at radius 1 is 0.560 bits per heavy atom. The molecule has 0 aliphatic heterocycles. The average molecular weight is 324 g/mol. The zero-order valence-electron chi connectivity index (χ0n) is 13.6. The number of Topliss-reactive ketones (excluding diaryl/α,β-unsaturated/α-hetero) is 2. The van der Waals surface area contributed by atoms with Crippen LogP contribution < -0.4 is 0 Å². The van der Waals surface area contributed by atoms with Crippen LogP contribution in [0.15, 0.2) is 91.0 Å². The van der Waals surface area contributed by atoms with Gasteiger partial charge in [0.2, 0.25) is 11.6 Å². The molecule has 0 saturated heterocycles. The van der Waals surface area contributed by atoms with Gasteiger partial charge in [-0.2, -0.15) is 0 Å². The van der Waals surface area contributed by atoms with Crippen molar-refractivity contribution in [1.82, 2.24) is 0 Å². The second-order valence-electron chi connectivity index (χ2n) is 6.06. The summed E-state index contributed by atoms with van der Waals surface area (Å²) < 4.78 is 0. The van der Waals surface area contributed by atoms with E-state index in [9.17, 15) is 9.59 Å². The molecule has 1 aliphatic carbocycles. The lowest BCUT2D eigenvalue weighted by atomic mass is 9.86. The fourth-order valence-corrected chi connectivity index (χ4v) is 3.44. The van der Waals surface area contributed by atoms with E-state index in [0.717, 1.165) is 22.3 Å². The van der Waals surface area contributed by atoms with E-state index < -0.39 is 11.7 Å². The van der Waals surface area contributed by atoms with Gasteiger partial charge in [-0.15, -0.1) is 0 Å². The van der Waals surface area contributed by atoms with Crippen LogP contribution in [0.2, 0.25) is 0 Å². The Labute approximate surface area is 146 Å². The number of carbonyl (C=O) groups excluding carboxylic acids is 2. The van der Waals surface area contributed by atoms with Gasteiger partial charge in [-0.3, -0.25) is 9.59 Å². The van der Waals surface area contributed by atoms with Crippen LogP contribution in [0.5, 0.6) is 0 Å². The van der Waals surface area contributed by atoms with Gasteiger partial charge in [0.1, 0.15) is 0 Å². The van der Waals surface area contributed by atoms with Gasteiger partial charge in [0.05, 0.1) is 5.92 Å². The number of allylic oxidation sites excluding steroid dienone is 2. The van der Waals surface area contributed by atoms with Gasteiger partial charge in [0, 0.05) is 5.57 Å². The molecule has 0 spiro atoms. The molecule has 2 heteroatoms. The van der Waals surface area contributed by atoms with Crippen molar-refractivity contribution in [3.05, 3.63) is 108 Å². The monoisotopic (exact) mass is 324 g/mol. The highest BCUT2D eigenvalue weighted by atomic mass is 16.2. The van der Waals surface area contributed by atoms with E-state index in [1.165, 1.54) is 0 Å². The highest BCUT2D eigenvalue weighted by Crippen LogP contribution is 2.44. The lowest BCUT2D eigenvalue weighted by Crippen LogP contribution is -2.15. The van der Waals surface area contributed by atoms with Gasteiger partial charge < -0.3 is 0 Å². The molecule has 0 unspecified atom stereocenters. The van der Waals surface area contributed by atoms with Gasteiger partial charge >= 0.3 is 0 Å². The third kappa shape index (κ3) is 2.62. The minimum atomic E-state index is -0.550. The maximum atomic E-state index is 12.9. The van der Waals surface area contributed by atoms with Crippen LogP contribution in [0.25, 0.3) is 11.1 Å². The van der Waals surface area contributed by atoms with E-state index in [-0.39, 0.29) is 5.78 Å². The van der Waals surface area contributed by atoms with Crippen molar-refractivity contribution < 1.29 is 9.59 Å². The van der Waals surface area contributed by atoms with Gasteiger partial charge in [-0.25, -0.2) is 0 Å². The van der Waals surface area contributed by atoms with Crippen LogP contribution >= 0.6 is 0 Å². The van der Waals surface area contributed by atoms with Crippen LogP contribution in [-0.2, 0) is 9.59 Å². The van der Waals surface area contributed by atoms with E-state index in [1.54, 1.807) is 0 Å². The minimum Gasteiger partial charge on any atom is -0.289 e. The van der Waals surface area contributed by atoms with Crippen LogP contribution in [0.1, 0.15) is 22.6 Å². The van der Waals surface area contributed by atoms with E-state index in [2.05, 4.69) is 0 Å². The summed E-state index contributed by atoms with van der Waals surface area (Å²) in [4.78, 5) is 25.7. The molecule has 2 nitrogen and oxygen atoms in total. The van der Waals surface area contributed by atoms with E-state index in [1.807, 2.05) is 91.0 Å². The molecule has 0 bridgehead atoms. The largest absolute Gasteiger partial charge is 0.289 e. The van der Waals surface area contributed by atoms with Gasteiger partial charge in [0.25, 0.3) is 0 Å². The maximum Gasteiger partial charge on any atom is 0.230 e. The van der Waals surface area contributed by atoms with E-state index in [0.29, 0.717) is 5.57 Å². The summed E-state index contributed by atoms with van der Waals surface area (Å²) in [6.07, 6.45) is 0. The number of ketones is 2. The summed E-state index contributed by atoms with van der Waals surface area (Å²) in [5.74, 6) is -1.31. The predicted molar refractivity (Wildman–Crippen MR) is 98.9 cm³/mol. The van der Waals surface area contributed by atoms with E-state index >= 15 is 0 Å². The smallest absolute Gasteiger partial charge is 0.230 e. The molecule has 0 N–H and O–H groups in total. The molecule has 4 rings (SSSR count). The van der Waals surface area contributed by atoms with Gasteiger partial charge in [-0.05, 0) is 22.3 Å². The highest BCUT2D eigenvalue weighted by molar-refractivity contribution is 6.63. The van der Waals surface area contributed by atoms with E-state index in [4.69, 9.17) is 0 Å². The first-order valence-electron chi connectivity index (χ1n) is 8.26. The second-order valence-corrected chi connectivity index (χ2v) is 6.06. The van der Waals surface area contributed by atoms with Crippen molar-refractivity contribution in [3.63, 3.8) is 0 Å². The molecule has 0 fully saturated rings. The Balaban J connectivity index is 2.00. The van der Waals surface area contributed by atoms with Crippen molar-refractivity contribution in [3.8, 4) is 0 Å². The summed E-state index contributed by atoms with van der Waals surface area (Å²) in [5, 5.41) is 0. The average Bonchev–Trinajstić information content (AvgIpc) is 2.95. The molecule has 0 saturated carbocycles. The second kappa shape index (κ2) is 6.33. The zero-order chi connectivity index (χ0) is 17.2. The molecule has 0 amide bonds. The lowest BCUT2D eigenvalue weighted by Gasteiger charge is -2.15. The first-order chi connectivity index (χ1) is 12.3. The fraction of sp³-hybridized carbons (Fsp3) is 0.0435. The summed E-state index contributed by atoms with van der Waals surface area (Å²) in [6.45, 7) is 0. The number of rotatable bonds is 3. The summed E-state index contributed by atoms with van der Waals surface area (Å²) >= 11 is 0. The first-order valence-corrected chi connectivity index (χ1v) is 8.26. The quantitative estimate of drug-likeness (QED) is 0.663. The molecule has 3 aromatic carbocycles. The first kappa shape index (κ1) is 15.3. The SMILES string of the molecule is O=C1C(=O)[C@@H](c2ccccc2)C(c2ccccc2)=C1c1ccccc1. The van der Waals surface area contributed by atoms with Crippen LogP contribution in [-0.4, -0.2) is 11.6 Å². The van der Waals surface area contributed by atoms with Gasteiger partial charge in [0.15, 0.2) is 0 Å². The Bertz CT molecular complexity index is 955. The normalized spacial score (nSPS) is 17.2. The lowest BCUT2D eigenvalue weighted by molar-refractivity contribution is -0.132. The van der Waals surface area contributed by atoms with Crippen molar-refractivity contribution in [2.24, 2.45) is 0 Å². The molecule has 120 valence electrons. The molecule has 0 aromatic heterocycles. The standard InChI is InChI=1S/C23H16O2/c24-22-20(17-12-6-2-7-13-17)19(16-10-4-1-5-11-16)21(23(22)25)18-14-8-3-9-15-18/h1-15,20H/t20-/m0/s1. The van der Waals surface area contributed by atoms with Crippen LogP contribution in [0, 0.1) is 0 Å². The zero-order valence-corrected chi connectivity index (χ0v) is 13.6. The number of hydrogen-bond acceptors (Lipinski definition) is 2. The summed E-state index contributed by atoms with van der Waals surface area (Å²) in [6, 6.07) is 28.7. The maximum absolute atomic E-state index is 12.9. The number of carbonyl (C=O) groups is 2. The summed E-state index contributed by atoms with van der Waals surface area (Å²) in [5.41, 5.74) is 3.87. The minimum absolute atomic E-state index is 0.357. The van der Waals surface area contributed by atoms with Crippen molar-refractivity contribution >= 4 is 22.7 Å². The molecule has 3 aromatic rings. The molecule has 0 radical (unpaired) electrons. The third-order valence-electron chi connectivity index (χ3n) is 4.55. The molecular formula is C23H16O2. The number of hydrogen-bond donors (Lipinski definition) is 0. The Morgan fingerprint density at radius 2 is 1.04 bits per heavy atom. The van der Waals surface area contributed by atoms with Gasteiger partial charge in [-0.1, -0.05) is 91.0 Å². The van der Waals surface area contributed by atoms with Crippen LogP contribution in [0.4, 0.5) is 0 Å². The number of benzene rings is 3. The Kier molecular flexibility index (Phi) is 3.87. The van der Waals surface area contributed by atoms with Crippen molar-refractivity contribution in [1.29, 1.82) is 0 Å².